The Morgan fingerprint density at radius 3 is 2.89 bits per heavy atom. The highest BCUT2D eigenvalue weighted by atomic mass is 32.1. The fourth-order valence-electron chi connectivity index (χ4n) is 1.55. The van der Waals surface area contributed by atoms with Gasteiger partial charge in [0.1, 0.15) is 10.8 Å². The van der Waals surface area contributed by atoms with Crippen molar-refractivity contribution in [3.8, 4) is 0 Å². The zero-order valence-electron chi connectivity index (χ0n) is 10.6. The number of carbonyl (C=O) groups excluding carboxylic acids is 1. The van der Waals surface area contributed by atoms with Crippen LogP contribution in [0.2, 0.25) is 0 Å². The summed E-state index contributed by atoms with van der Waals surface area (Å²) in [5, 5.41) is 4.05. The molecule has 0 aliphatic rings. The van der Waals surface area contributed by atoms with Gasteiger partial charge in [-0.3, -0.25) is 0 Å². The number of aromatic nitrogens is 2. The van der Waals surface area contributed by atoms with Gasteiger partial charge in [-0.25, -0.2) is 14.8 Å². The van der Waals surface area contributed by atoms with E-state index < -0.39 is 5.97 Å². The van der Waals surface area contributed by atoms with Crippen molar-refractivity contribution in [2.45, 2.75) is 13.5 Å². The van der Waals surface area contributed by atoms with Gasteiger partial charge in [0.05, 0.1) is 31.1 Å². The molecule has 7 heteroatoms. The van der Waals surface area contributed by atoms with Crippen LogP contribution in [0.15, 0.2) is 18.5 Å². The third-order valence-electron chi connectivity index (χ3n) is 2.43. The highest BCUT2D eigenvalue weighted by molar-refractivity contribution is 7.11. The number of anilines is 2. The molecular formula is C12H14N4O2S. The van der Waals surface area contributed by atoms with Crippen molar-refractivity contribution in [1.82, 2.24) is 9.97 Å². The molecule has 0 amide bonds. The van der Waals surface area contributed by atoms with Crippen LogP contribution >= 0.6 is 11.3 Å². The summed E-state index contributed by atoms with van der Waals surface area (Å²) in [5.41, 5.74) is 6.52. The number of aryl methyl sites for hydroxylation is 1. The van der Waals surface area contributed by atoms with Gasteiger partial charge in [0.25, 0.3) is 0 Å². The number of carbonyl (C=O) groups is 1. The number of nitrogen functional groups attached to an aromatic ring is 1. The fourth-order valence-corrected chi connectivity index (χ4v) is 2.27. The molecule has 0 fully saturated rings. The van der Waals surface area contributed by atoms with Gasteiger partial charge in [0.2, 0.25) is 0 Å². The first-order valence-corrected chi connectivity index (χ1v) is 6.41. The Morgan fingerprint density at radius 2 is 2.26 bits per heavy atom. The van der Waals surface area contributed by atoms with Crippen molar-refractivity contribution in [3.05, 3.63) is 33.9 Å². The van der Waals surface area contributed by atoms with Crippen LogP contribution in [0, 0.1) is 6.92 Å². The van der Waals surface area contributed by atoms with E-state index in [9.17, 15) is 4.79 Å². The quantitative estimate of drug-likeness (QED) is 0.829. The van der Waals surface area contributed by atoms with Crippen LogP contribution in [0.3, 0.4) is 0 Å². The number of ether oxygens (including phenoxy) is 1. The average molecular weight is 278 g/mol. The molecule has 0 unspecified atom stereocenters. The molecule has 0 aromatic carbocycles. The second-order valence-electron chi connectivity index (χ2n) is 3.86. The van der Waals surface area contributed by atoms with Crippen LogP contribution in [-0.4, -0.2) is 23.0 Å². The van der Waals surface area contributed by atoms with Crippen molar-refractivity contribution in [2.75, 3.05) is 18.2 Å². The smallest absolute Gasteiger partial charge is 0.340 e. The molecule has 3 N–H and O–H groups in total. The van der Waals surface area contributed by atoms with Crippen LogP contribution in [0.4, 0.5) is 11.5 Å². The van der Waals surface area contributed by atoms with E-state index >= 15 is 0 Å². The van der Waals surface area contributed by atoms with Crippen molar-refractivity contribution >= 4 is 28.8 Å². The van der Waals surface area contributed by atoms with Gasteiger partial charge < -0.3 is 15.8 Å². The third-order valence-corrected chi connectivity index (χ3v) is 3.34. The Bertz CT molecular complexity index is 597. The second kappa shape index (κ2) is 5.66. The van der Waals surface area contributed by atoms with Crippen LogP contribution in [0.5, 0.6) is 0 Å². The normalized spacial score (nSPS) is 10.2. The van der Waals surface area contributed by atoms with Gasteiger partial charge >= 0.3 is 5.97 Å². The number of thiazole rings is 1. The zero-order valence-corrected chi connectivity index (χ0v) is 11.5. The van der Waals surface area contributed by atoms with E-state index in [1.807, 2.05) is 13.1 Å². The number of rotatable bonds is 4. The highest BCUT2D eigenvalue weighted by Gasteiger charge is 2.13. The minimum Gasteiger partial charge on any atom is -0.465 e. The third kappa shape index (κ3) is 3.19. The lowest BCUT2D eigenvalue weighted by Crippen LogP contribution is -2.09. The lowest BCUT2D eigenvalue weighted by molar-refractivity contribution is 0.0601. The maximum Gasteiger partial charge on any atom is 0.340 e. The minimum atomic E-state index is -0.452. The van der Waals surface area contributed by atoms with Crippen LogP contribution in [0.1, 0.15) is 20.2 Å². The molecule has 0 radical (unpaired) electrons. The Morgan fingerprint density at radius 1 is 1.47 bits per heavy atom. The molecule has 0 spiro atoms. The maximum absolute atomic E-state index is 11.6. The fraction of sp³-hybridized carbons (Fsp3) is 0.250. The van der Waals surface area contributed by atoms with E-state index in [4.69, 9.17) is 10.5 Å². The first-order valence-electron chi connectivity index (χ1n) is 5.59. The predicted octanol–water partition coefficient (Wildman–Crippen LogP) is 1.83. The summed E-state index contributed by atoms with van der Waals surface area (Å²) < 4.78 is 4.71. The highest BCUT2D eigenvalue weighted by Crippen LogP contribution is 2.19. The molecule has 0 atom stereocenters. The van der Waals surface area contributed by atoms with Gasteiger partial charge in [0, 0.05) is 11.1 Å². The first-order chi connectivity index (χ1) is 9.10. The molecule has 0 bridgehead atoms. The number of methoxy groups -OCH3 is 1. The van der Waals surface area contributed by atoms with E-state index in [0.29, 0.717) is 17.8 Å². The van der Waals surface area contributed by atoms with E-state index in [0.717, 1.165) is 9.88 Å². The van der Waals surface area contributed by atoms with Crippen LogP contribution < -0.4 is 11.1 Å². The Hall–Kier alpha value is -2.15. The molecule has 100 valence electrons. The summed E-state index contributed by atoms with van der Waals surface area (Å²) in [7, 11) is 1.33. The van der Waals surface area contributed by atoms with E-state index in [1.165, 1.54) is 19.4 Å². The monoisotopic (exact) mass is 278 g/mol. The van der Waals surface area contributed by atoms with Crippen LogP contribution in [-0.2, 0) is 11.3 Å². The van der Waals surface area contributed by atoms with Crippen molar-refractivity contribution < 1.29 is 9.53 Å². The Labute approximate surface area is 114 Å². The molecule has 6 nitrogen and oxygen atoms in total. The molecular weight excluding hydrogens is 264 g/mol. The van der Waals surface area contributed by atoms with Gasteiger partial charge in [-0.05, 0) is 13.0 Å². The van der Waals surface area contributed by atoms with Gasteiger partial charge in [0.15, 0.2) is 0 Å². The SMILES string of the molecule is COC(=O)c1cc(N)ncc1NCc1ncc(C)s1. The molecule has 0 saturated heterocycles. The van der Waals surface area contributed by atoms with E-state index in [-0.39, 0.29) is 5.82 Å². The standard InChI is InChI=1S/C12H14N4O2S/c1-7-4-16-11(19-7)6-14-9-5-15-10(13)3-8(9)12(17)18-2/h3-5,14H,6H2,1-2H3,(H2,13,15). The largest absolute Gasteiger partial charge is 0.465 e. The van der Waals surface area contributed by atoms with Crippen LogP contribution in [0.25, 0.3) is 0 Å². The molecule has 2 aromatic rings. The van der Waals surface area contributed by atoms with Crippen molar-refractivity contribution in [3.63, 3.8) is 0 Å². The summed E-state index contributed by atoms with van der Waals surface area (Å²) in [6.07, 6.45) is 3.33. The topological polar surface area (TPSA) is 90.1 Å². The van der Waals surface area contributed by atoms with E-state index in [2.05, 4.69) is 15.3 Å². The second-order valence-corrected chi connectivity index (χ2v) is 5.18. The van der Waals surface area contributed by atoms with Gasteiger partial charge in [-0.1, -0.05) is 0 Å². The van der Waals surface area contributed by atoms with Crippen molar-refractivity contribution in [1.29, 1.82) is 0 Å². The number of hydrogen-bond donors (Lipinski definition) is 2. The van der Waals surface area contributed by atoms with Gasteiger partial charge in [-0.2, -0.15) is 0 Å². The number of pyridine rings is 1. The molecule has 0 saturated carbocycles. The number of hydrogen-bond acceptors (Lipinski definition) is 7. The van der Waals surface area contributed by atoms with Crippen molar-refractivity contribution in [2.24, 2.45) is 0 Å². The molecule has 2 rings (SSSR count). The summed E-state index contributed by atoms with van der Waals surface area (Å²) in [4.78, 5) is 21.0. The number of nitrogens with zero attached hydrogens (tertiary/aromatic N) is 2. The predicted molar refractivity (Wildman–Crippen MR) is 74.2 cm³/mol. The summed E-state index contributed by atoms with van der Waals surface area (Å²) in [6.45, 7) is 2.51. The molecule has 0 aliphatic heterocycles. The Balaban J connectivity index is 2.17. The summed E-state index contributed by atoms with van der Waals surface area (Å²) in [5.74, 6) is -0.178. The molecule has 2 aromatic heterocycles. The number of nitrogens with two attached hydrogens (primary N) is 1. The van der Waals surface area contributed by atoms with E-state index in [1.54, 1.807) is 11.3 Å². The number of nitrogens with one attached hydrogen (secondary N) is 1. The zero-order chi connectivity index (χ0) is 13.8. The molecule has 19 heavy (non-hydrogen) atoms. The molecule has 0 aliphatic carbocycles. The Kier molecular flexibility index (Phi) is 3.96. The summed E-state index contributed by atoms with van der Waals surface area (Å²) >= 11 is 1.60. The first kappa shape index (κ1) is 13.3. The molecule has 2 heterocycles. The summed E-state index contributed by atoms with van der Waals surface area (Å²) in [6, 6.07) is 1.49. The maximum atomic E-state index is 11.6. The number of esters is 1. The van der Waals surface area contributed by atoms with Gasteiger partial charge in [-0.15, -0.1) is 11.3 Å². The lowest BCUT2D eigenvalue weighted by atomic mass is 10.2. The average Bonchev–Trinajstić information content (AvgIpc) is 2.82. The minimum absolute atomic E-state index is 0.274. The lowest BCUT2D eigenvalue weighted by Gasteiger charge is -2.09.